The number of nitrogens with one attached hydrogen (secondary N) is 1. The second kappa shape index (κ2) is 9.38. The Morgan fingerprint density at radius 2 is 1.90 bits per heavy atom. The summed E-state index contributed by atoms with van der Waals surface area (Å²) in [5, 5.41) is 11.7. The Morgan fingerprint density at radius 1 is 1.13 bits per heavy atom. The number of carbonyl (C=O) groups excluding carboxylic acids is 1. The normalized spacial score (nSPS) is 14.6. The molecular formula is C22H24ClN5O2. The topological polar surface area (TPSA) is 72.3 Å². The Hall–Kier alpha value is -2.74. The van der Waals surface area contributed by atoms with E-state index >= 15 is 0 Å². The van der Waals surface area contributed by atoms with Crippen LogP contribution in [-0.2, 0) is 17.8 Å². The highest BCUT2D eigenvalue weighted by molar-refractivity contribution is 6.30. The van der Waals surface area contributed by atoms with Gasteiger partial charge in [0.25, 0.3) is 5.91 Å². The van der Waals surface area contributed by atoms with E-state index in [2.05, 4.69) is 32.7 Å². The maximum absolute atomic E-state index is 12.7. The number of aromatic nitrogens is 3. The molecule has 0 atom stereocenters. The largest absolute Gasteiger partial charge is 0.379 e. The molecule has 1 aliphatic rings. The zero-order valence-electron chi connectivity index (χ0n) is 16.8. The average molecular weight is 426 g/mol. The van der Waals surface area contributed by atoms with Crippen molar-refractivity contribution in [3.05, 3.63) is 76.1 Å². The van der Waals surface area contributed by atoms with Gasteiger partial charge in [0.1, 0.15) is 0 Å². The molecule has 156 valence electrons. The molecule has 0 bridgehead atoms. The summed E-state index contributed by atoms with van der Waals surface area (Å²) in [5.41, 5.74) is 4.01. The van der Waals surface area contributed by atoms with Crippen LogP contribution in [0.15, 0.2) is 48.5 Å². The van der Waals surface area contributed by atoms with Crippen LogP contribution in [0.2, 0.25) is 5.02 Å². The van der Waals surface area contributed by atoms with Gasteiger partial charge in [-0.25, -0.2) is 4.68 Å². The number of halogens is 1. The predicted octanol–water partition coefficient (Wildman–Crippen LogP) is 2.99. The fourth-order valence-electron chi connectivity index (χ4n) is 3.51. The van der Waals surface area contributed by atoms with Crippen molar-refractivity contribution in [2.75, 3.05) is 26.3 Å². The van der Waals surface area contributed by atoms with Crippen LogP contribution in [0.1, 0.15) is 27.3 Å². The van der Waals surface area contributed by atoms with E-state index in [1.165, 1.54) is 5.56 Å². The summed E-state index contributed by atoms with van der Waals surface area (Å²) in [4.78, 5) is 15.1. The Bertz CT molecular complexity index is 1030. The summed E-state index contributed by atoms with van der Waals surface area (Å²) in [5.74, 6) is -0.251. The molecule has 1 fully saturated rings. The molecule has 1 saturated heterocycles. The predicted molar refractivity (Wildman–Crippen MR) is 115 cm³/mol. The average Bonchev–Trinajstić information content (AvgIpc) is 3.14. The molecule has 0 radical (unpaired) electrons. The van der Waals surface area contributed by atoms with Gasteiger partial charge in [0.2, 0.25) is 0 Å². The summed E-state index contributed by atoms with van der Waals surface area (Å²) in [7, 11) is 0. The third kappa shape index (κ3) is 4.87. The molecule has 1 N–H and O–H groups in total. The zero-order chi connectivity index (χ0) is 20.9. The lowest BCUT2D eigenvalue weighted by Gasteiger charge is -2.26. The van der Waals surface area contributed by atoms with Crippen molar-refractivity contribution in [1.29, 1.82) is 0 Å². The Labute approximate surface area is 180 Å². The molecule has 1 aromatic heterocycles. The van der Waals surface area contributed by atoms with Crippen molar-refractivity contribution in [2.45, 2.75) is 20.0 Å². The van der Waals surface area contributed by atoms with Crippen LogP contribution in [0.3, 0.4) is 0 Å². The van der Waals surface area contributed by atoms with E-state index < -0.39 is 0 Å². The number of morpholine rings is 1. The molecule has 3 aromatic rings. The second-order valence-corrected chi connectivity index (χ2v) is 7.74. The summed E-state index contributed by atoms with van der Waals surface area (Å²) in [6.45, 7) is 6.59. The Kier molecular flexibility index (Phi) is 6.42. The first-order valence-electron chi connectivity index (χ1n) is 9.94. The van der Waals surface area contributed by atoms with Gasteiger partial charge in [-0.05, 0) is 36.2 Å². The van der Waals surface area contributed by atoms with Crippen molar-refractivity contribution in [3.63, 3.8) is 0 Å². The van der Waals surface area contributed by atoms with Gasteiger partial charge >= 0.3 is 0 Å². The van der Waals surface area contributed by atoms with Gasteiger partial charge in [0, 0.05) is 31.2 Å². The van der Waals surface area contributed by atoms with Gasteiger partial charge in [0.05, 0.1) is 24.6 Å². The maximum Gasteiger partial charge on any atom is 0.274 e. The minimum Gasteiger partial charge on any atom is -0.379 e. The van der Waals surface area contributed by atoms with Crippen LogP contribution in [0.4, 0.5) is 0 Å². The van der Waals surface area contributed by atoms with E-state index in [-0.39, 0.29) is 5.91 Å². The van der Waals surface area contributed by atoms with Gasteiger partial charge < -0.3 is 10.1 Å². The lowest BCUT2D eigenvalue weighted by molar-refractivity contribution is 0.0342. The number of hydrogen-bond donors (Lipinski definition) is 1. The highest BCUT2D eigenvalue weighted by Gasteiger charge is 2.17. The maximum atomic E-state index is 12.7. The van der Waals surface area contributed by atoms with E-state index in [0.29, 0.717) is 23.0 Å². The van der Waals surface area contributed by atoms with Crippen LogP contribution in [0.5, 0.6) is 0 Å². The summed E-state index contributed by atoms with van der Waals surface area (Å²) < 4.78 is 7.02. The highest BCUT2D eigenvalue weighted by atomic mass is 35.5. The second-order valence-electron chi connectivity index (χ2n) is 7.31. The molecular weight excluding hydrogens is 402 g/mol. The first-order chi connectivity index (χ1) is 14.6. The van der Waals surface area contributed by atoms with Crippen LogP contribution in [0, 0.1) is 6.92 Å². The highest BCUT2D eigenvalue weighted by Crippen LogP contribution is 2.17. The molecule has 0 spiro atoms. The number of benzene rings is 2. The number of carbonyl (C=O) groups is 1. The first-order valence-corrected chi connectivity index (χ1v) is 10.3. The van der Waals surface area contributed by atoms with Crippen LogP contribution >= 0.6 is 11.6 Å². The zero-order valence-corrected chi connectivity index (χ0v) is 17.6. The molecule has 0 unspecified atom stereocenters. The van der Waals surface area contributed by atoms with E-state index in [1.807, 2.05) is 31.2 Å². The van der Waals surface area contributed by atoms with Gasteiger partial charge in [0.15, 0.2) is 5.69 Å². The quantitative estimate of drug-likeness (QED) is 0.657. The van der Waals surface area contributed by atoms with E-state index in [4.69, 9.17) is 16.3 Å². The van der Waals surface area contributed by atoms with E-state index in [1.54, 1.807) is 16.8 Å². The summed E-state index contributed by atoms with van der Waals surface area (Å²) >= 11 is 6.06. The lowest BCUT2D eigenvalue weighted by atomic mass is 10.1. The number of nitrogens with zero attached hydrogens (tertiary/aromatic N) is 4. The fourth-order valence-corrected chi connectivity index (χ4v) is 3.70. The van der Waals surface area contributed by atoms with E-state index in [9.17, 15) is 4.79 Å². The summed E-state index contributed by atoms with van der Waals surface area (Å²) in [6.07, 6.45) is 0. The minimum atomic E-state index is -0.251. The van der Waals surface area contributed by atoms with E-state index in [0.717, 1.165) is 44.1 Å². The number of amides is 1. The SMILES string of the molecule is Cc1c(C(=O)NCc2cccc(CN3CCOCC3)c2)nnn1-c1cccc(Cl)c1. The van der Waals surface area contributed by atoms with Gasteiger partial charge in [-0.1, -0.05) is 47.1 Å². The molecule has 4 rings (SSSR count). The fraction of sp³-hybridized carbons (Fsp3) is 0.318. The van der Waals surface area contributed by atoms with Gasteiger partial charge in [-0.3, -0.25) is 9.69 Å². The number of rotatable bonds is 6. The molecule has 7 nitrogen and oxygen atoms in total. The molecule has 2 heterocycles. The molecule has 0 aliphatic carbocycles. The number of ether oxygens (including phenoxy) is 1. The third-order valence-corrected chi connectivity index (χ3v) is 5.35. The van der Waals surface area contributed by atoms with Crippen LogP contribution < -0.4 is 5.32 Å². The van der Waals surface area contributed by atoms with Crippen LogP contribution in [0.25, 0.3) is 5.69 Å². The third-order valence-electron chi connectivity index (χ3n) is 5.12. The minimum absolute atomic E-state index is 0.251. The molecule has 8 heteroatoms. The first kappa shape index (κ1) is 20.5. The van der Waals surface area contributed by atoms with Crippen molar-refractivity contribution < 1.29 is 9.53 Å². The standard InChI is InChI=1S/C22H24ClN5O2/c1-16-21(25-26-28(16)20-7-3-6-19(23)13-20)22(29)24-14-17-4-2-5-18(12-17)15-27-8-10-30-11-9-27/h2-7,12-13H,8-11,14-15H2,1H3,(H,24,29). The van der Waals surface area contributed by atoms with Crippen molar-refractivity contribution in [1.82, 2.24) is 25.2 Å². The molecule has 1 amide bonds. The van der Waals surface area contributed by atoms with Crippen LogP contribution in [-0.4, -0.2) is 52.1 Å². The smallest absolute Gasteiger partial charge is 0.274 e. The van der Waals surface area contributed by atoms with Gasteiger partial charge in [-0.2, -0.15) is 0 Å². The monoisotopic (exact) mass is 425 g/mol. The molecule has 1 aliphatic heterocycles. The van der Waals surface area contributed by atoms with Crippen molar-refractivity contribution in [2.24, 2.45) is 0 Å². The lowest BCUT2D eigenvalue weighted by Crippen LogP contribution is -2.35. The molecule has 30 heavy (non-hydrogen) atoms. The number of hydrogen-bond acceptors (Lipinski definition) is 5. The van der Waals surface area contributed by atoms with Crippen molar-refractivity contribution in [3.8, 4) is 5.69 Å². The Balaban J connectivity index is 1.40. The molecule has 2 aromatic carbocycles. The van der Waals surface area contributed by atoms with Crippen molar-refractivity contribution >= 4 is 17.5 Å². The summed E-state index contributed by atoms with van der Waals surface area (Å²) in [6, 6.07) is 15.6. The molecule has 0 saturated carbocycles. The Morgan fingerprint density at radius 3 is 2.70 bits per heavy atom. The van der Waals surface area contributed by atoms with Gasteiger partial charge in [-0.15, -0.1) is 5.10 Å².